The SMILES string of the molecule is C[C@@H](O)C1C(=O)N2C(C(=O)O)=C(CN3CC[C@H](N=CN)C3)[C@H](C)C12. The summed E-state index contributed by atoms with van der Waals surface area (Å²) in [6, 6.07) is -0.108. The van der Waals surface area contributed by atoms with E-state index in [2.05, 4.69) is 9.89 Å². The number of β-lactam (4-membered cyclic amide) rings is 1. The van der Waals surface area contributed by atoms with Crippen molar-refractivity contribution >= 4 is 18.2 Å². The fourth-order valence-electron chi connectivity index (χ4n) is 4.29. The first kappa shape index (κ1) is 16.9. The van der Waals surface area contributed by atoms with Gasteiger partial charge in [0.05, 0.1) is 30.4 Å². The molecule has 2 fully saturated rings. The summed E-state index contributed by atoms with van der Waals surface area (Å²) in [6.45, 7) is 5.59. The number of carbonyl (C=O) groups excluding carboxylic acids is 1. The number of fused-ring (bicyclic) bond motifs is 1. The first-order valence-electron chi connectivity index (χ1n) is 8.30. The van der Waals surface area contributed by atoms with Crippen molar-refractivity contribution in [3.8, 4) is 0 Å². The van der Waals surface area contributed by atoms with Crippen molar-refractivity contribution < 1.29 is 19.8 Å². The molecule has 2 saturated heterocycles. The lowest BCUT2D eigenvalue weighted by molar-refractivity contribution is -0.163. The Morgan fingerprint density at radius 2 is 2.25 bits per heavy atom. The number of carboxylic acids is 1. The largest absolute Gasteiger partial charge is 0.477 e. The van der Waals surface area contributed by atoms with Gasteiger partial charge in [-0.1, -0.05) is 6.92 Å². The molecule has 3 heterocycles. The Balaban J connectivity index is 1.81. The van der Waals surface area contributed by atoms with Crippen LogP contribution in [0.15, 0.2) is 16.3 Å². The number of aliphatic hydroxyl groups excluding tert-OH is 1. The topological polar surface area (TPSA) is 119 Å². The number of aliphatic carboxylic acids is 1. The first-order chi connectivity index (χ1) is 11.4. The molecule has 0 bridgehead atoms. The maximum Gasteiger partial charge on any atom is 0.352 e. The number of hydrogen-bond acceptors (Lipinski definition) is 5. The van der Waals surface area contributed by atoms with Crippen molar-refractivity contribution in [2.24, 2.45) is 22.6 Å². The van der Waals surface area contributed by atoms with Crippen molar-refractivity contribution in [2.45, 2.75) is 38.5 Å². The number of hydrogen-bond donors (Lipinski definition) is 3. The summed E-state index contributed by atoms with van der Waals surface area (Å²) in [4.78, 5) is 31.7. The summed E-state index contributed by atoms with van der Waals surface area (Å²) in [7, 11) is 0. The van der Waals surface area contributed by atoms with Crippen LogP contribution in [0, 0.1) is 11.8 Å². The Morgan fingerprint density at radius 1 is 1.54 bits per heavy atom. The van der Waals surface area contributed by atoms with E-state index in [1.807, 2.05) is 6.92 Å². The molecule has 132 valence electrons. The van der Waals surface area contributed by atoms with Gasteiger partial charge in [-0.15, -0.1) is 0 Å². The van der Waals surface area contributed by atoms with E-state index in [4.69, 9.17) is 5.73 Å². The molecular formula is C16H24N4O4. The Labute approximate surface area is 140 Å². The normalized spacial score (nSPS) is 34.8. The molecule has 3 aliphatic rings. The predicted molar refractivity (Wildman–Crippen MR) is 87.2 cm³/mol. The maximum absolute atomic E-state index is 12.3. The molecule has 3 aliphatic heterocycles. The van der Waals surface area contributed by atoms with Crippen LogP contribution in [0.5, 0.6) is 0 Å². The van der Waals surface area contributed by atoms with Crippen LogP contribution in [0.25, 0.3) is 0 Å². The summed E-state index contributed by atoms with van der Waals surface area (Å²) in [5.74, 6) is -1.96. The van der Waals surface area contributed by atoms with Gasteiger partial charge in [0.15, 0.2) is 0 Å². The molecule has 5 atom stereocenters. The fraction of sp³-hybridized carbons (Fsp3) is 0.688. The van der Waals surface area contributed by atoms with E-state index < -0.39 is 18.0 Å². The molecule has 0 aromatic heterocycles. The van der Waals surface area contributed by atoms with Gasteiger partial charge in [-0.3, -0.25) is 14.7 Å². The molecule has 8 nitrogen and oxygen atoms in total. The van der Waals surface area contributed by atoms with Gasteiger partial charge in [-0.2, -0.15) is 0 Å². The Kier molecular flexibility index (Phi) is 4.35. The van der Waals surface area contributed by atoms with E-state index in [0.29, 0.717) is 6.54 Å². The monoisotopic (exact) mass is 336 g/mol. The van der Waals surface area contributed by atoms with Gasteiger partial charge in [0.2, 0.25) is 5.91 Å². The highest BCUT2D eigenvalue weighted by Crippen LogP contribution is 2.47. The van der Waals surface area contributed by atoms with E-state index in [1.165, 1.54) is 11.2 Å². The molecule has 24 heavy (non-hydrogen) atoms. The van der Waals surface area contributed by atoms with Crippen molar-refractivity contribution in [2.75, 3.05) is 19.6 Å². The maximum atomic E-state index is 12.3. The standard InChI is InChI=1S/C16H24N4O4/c1-8-11(6-19-4-3-10(5-19)18-7-17)14(16(23)24)20-13(8)12(9(2)21)15(20)22/h7-10,12-13,21H,3-6H2,1-2H3,(H2,17,18)(H,23,24)/t8-,9+,10-,12?,13?/m0/s1. The number of nitrogens with two attached hydrogens (primary N) is 1. The fourth-order valence-corrected chi connectivity index (χ4v) is 4.29. The Bertz CT molecular complexity index is 615. The molecule has 8 heteroatoms. The highest BCUT2D eigenvalue weighted by Gasteiger charge is 2.59. The molecule has 0 aliphatic carbocycles. The Hall–Kier alpha value is -1.93. The van der Waals surface area contributed by atoms with Crippen molar-refractivity contribution in [3.05, 3.63) is 11.3 Å². The lowest BCUT2D eigenvalue weighted by Crippen LogP contribution is -2.63. The zero-order valence-electron chi connectivity index (χ0n) is 13.9. The van der Waals surface area contributed by atoms with Crippen LogP contribution in [-0.2, 0) is 9.59 Å². The van der Waals surface area contributed by atoms with Gasteiger partial charge < -0.3 is 20.8 Å². The molecule has 4 N–H and O–H groups in total. The molecule has 1 amide bonds. The van der Waals surface area contributed by atoms with Gasteiger partial charge in [-0.25, -0.2) is 4.79 Å². The average molecular weight is 336 g/mol. The van der Waals surface area contributed by atoms with E-state index in [0.717, 1.165) is 25.1 Å². The van der Waals surface area contributed by atoms with Crippen LogP contribution < -0.4 is 5.73 Å². The minimum Gasteiger partial charge on any atom is -0.477 e. The average Bonchev–Trinajstić information content (AvgIpc) is 3.02. The van der Waals surface area contributed by atoms with Crippen molar-refractivity contribution in [1.29, 1.82) is 0 Å². The van der Waals surface area contributed by atoms with Crippen molar-refractivity contribution in [1.82, 2.24) is 9.80 Å². The van der Waals surface area contributed by atoms with E-state index >= 15 is 0 Å². The molecule has 0 radical (unpaired) electrons. The van der Waals surface area contributed by atoms with Crippen LogP contribution in [0.3, 0.4) is 0 Å². The zero-order valence-corrected chi connectivity index (χ0v) is 13.9. The van der Waals surface area contributed by atoms with Gasteiger partial charge in [0.25, 0.3) is 0 Å². The summed E-state index contributed by atoms with van der Waals surface area (Å²) >= 11 is 0. The second-order valence-electron chi connectivity index (χ2n) is 6.91. The Morgan fingerprint density at radius 3 is 2.83 bits per heavy atom. The molecular weight excluding hydrogens is 312 g/mol. The number of carboxylic acid groups (broad SMARTS) is 1. The van der Waals surface area contributed by atoms with Crippen LogP contribution in [0.1, 0.15) is 20.3 Å². The van der Waals surface area contributed by atoms with Gasteiger partial charge in [0, 0.05) is 25.6 Å². The highest BCUT2D eigenvalue weighted by atomic mass is 16.4. The molecule has 0 aromatic carbocycles. The van der Waals surface area contributed by atoms with E-state index in [-0.39, 0.29) is 29.6 Å². The van der Waals surface area contributed by atoms with Crippen molar-refractivity contribution in [3.63, 3.8) is 0 Å². The summed E-state index contributed by atoms with van der Waals surface area (Å²) < 4.78 is 0. The molecule has 0 spiro atoms. The quantitative estimate of drug-likeness (QED) is 0.345. The third-order valence-electron chi connectivity index (χ3n) is 5.46. The number of nitrogens with zero attached hydrogens (tertiary/aromatic N) is 3. The third kappa shape index (κ3) is 2.50. The van der Waals surface area contributed by atoms with Crippen LogP contribution in [-0.4, -0.2) is 76.0 Å². The number of aliphatic hydroxyl groups is 1. The second-order valence-corrected chi connectivity index (χ2v) is 6.91. The van der Waals surface area contributed by atoms with Crippen LogP contribution in [0.4, 0.5) is 0 Å². The number of likely N-dealkylation sites (tertiary alicyclic amines) is 1. The van der Waals surface area contributed by atoms with Gasteiger partial charge in [0.1, 0.15) is 5.70 Å². The number of aliphatic imine (C=N–C) groups is 1. The number of rotatable bonds is 5. The summed E-state index contributed by atoms with van der Waals surface area (Å²) in [5, 5.41) is 19.4. The van der Waals surface area contributed by atoms with Gasteiger partial charge in [-0.05, 0) is 18.9 Å². The summed E-state index contributed by atoms with van der Waals surface area (Å²) in [6.07, 6.45) is 1.43. The zero-order chi connectivity index (χ0) is 17.6. The third-order valence-corrected chi connectivity index (χ3v) is 5.46. The molecule has 0 aromatic rings. The van der Waals surface area contributed by atoms with Crippen LogP contribution >= 0.6 is 0 Å². The second kappa shape index (κ2) is 6.18. The smallest absolute Gasteiger partial charge is 0.352 e. The van der Waals surface area contributed by atoms with E-state index in [9.17, 15) is 19.8 Å². The minimum absolute atomic E-state index is 0.0783. The predicted octanol–water partition coefficient (Wildman–Crippen LogP) is -0.756. The lowest BCUT2D eigenvalue weighted by atomic mass is 9.77. The lowest BCUT2D eigenvalue weighted by Gasteiger charge is -2.46. The summed E-state index contributed by atoms with van der Waals surface area (Å²) in [5.41, 5.74) is 6.20. The first-order valence-corrected chi connectivity index (χ1v) is 8.30. The number of carbonyl (C=O) groups is 2. The molecule has 0 saturated carbocycles. The molecule has 3 rings (SSSR count). The number of amides is 1. The van der Waals surface area contributed by atoms with E-state index in [1.54, 1.807) is 6.92 Å². The van der Waals surface area contributed by atoms with Crippen LogP contribution in [0.2, 0.25) is 0 Å². The highest BCUT2D eigenvalue weighted by molar-refractivity contribution is 6.00. The van der Waals surface area contributed by atoms with Gasteiger partial charge >= 0.3 is 5.97 Å². The minimum atomic E-state index is -1.08. The molecule has 2 unspecified atom stereocenters.